The van der Waals surface area contributed by atoms with Crippen molar-refractivity contribution in [3.05, 3.63) is 46.6 Å². The Kier molecular flexibility index (Phi) is 4.94. The molecule has 1 aromatic carbocycles. The molecule has 1 aromatic rings. The van der Waals surface area contributed by atoms with Crippen molar-refractivity contribution in [3.8, 4) is 23.6 Å². The Morgan fingerprint density at radius 3 is 2.20 bits per heavy atom. The van der Waals surface area contributed by atoms with E-state index >= 15 is 0 Å². The van der Waals surface area contributed by atoms with Crippen LogP contribution >= 0.6 is 0 Å². The minimum Gasteiger partial charge on any atom is -0.497 e. The second-order valence-electron chi connectivity index (χ2n) is 6.64. The van der Waals surface area contributed by atoms with E-state index in [1.54, 1.807) is 25.3 Å². The van der Waals surface area contributed by atoms with Crippen LogP contribution in [0.25, 0.3) is 0 Å². The molecule has 130 valence electrons. The second kappa shape index (κ2) is 6.78. The zero-order valence-electron chi connectivity index (χ0n) is 15.0. The lowest BCUT2D eigenvalue weighted by atomic mass is 9.78. The van der Waals surface area contributed by atoms with Crippen molar-refractivity contribution in [3.63, 3.8) is 0 Å². The number of nitrogens with two attached hydrogens (primary N) is 1. The Morgan fingerprint density at radius 1 is 1.08 bits per heavy atom. The van der Waals surface area contributed by atoms with Crippen molar-refractivity contribution in [2.24, 2.45) is 11.1 Å². The third-order valence-electron chi connectivity index (χ3n) is 3.97. The molecule has 1 aliphatic heterocycles. The van der Waals surface area contributed by atoms with E-state index in [0.717, 1.165) is 0 Å². The highest BCUT2D eigenvalue weighted by molar-refractivity contribution is 5.58. The van der Waals surface area contributed by atoms with Crippen LogP contribution in [0.4, 0.5) is 0 Å². The summed E-state index contributed by atoms with van der Waals surface area (Å²) in [5.74, 6) is 0.928. The van der Waals surface area contributed by atoms with Crippen molar-refractivity contribution in [1.82, 2.24) is 0 Å². The number of allylic oxidation sites excluding steroid dienone is 3. The highest BCUT2D eigenvalue weighted by Crippen LogP contribution is 2.46. The smallest absolute Gasteiger partial charge is 0.205 e. The number of methoxy groups -OCH3 is 2. The van der Waals surface area contributed by atoms with Gasteiger partial charge < -0.3 is 19.9 Å². The van der Waals surface area contributed by atoms with Crippen molar-refractivity contribution >= 4 is 0 Å². The molecule has 0 fully saturated rings. The topological polar surface area (TPSA) is 101 Å². The van der Waals surface area contributed by atoms with Gasteiger partial charge in [0.25, 0.3) is 0 Å². The number of hydrogen-bond acceptors (Lipinski definition) is 6. The molecule has 0 bridgehead atoms. The van der Waals surface area contributed by atoms with E-state index in [-0.39, 0.29) is 11.5 Å². The summed E-state index contributed by atoms with van der Waals surface area (Å²) >= 11 is 0. The van der Waals surface area contributed by atoms with E-state index in [1.165, 1.54) is 7.11 Å². The fourth-order valence-electron chi connectivity index (χ4n) is 2.80. The highest BCUT2D eigenvalue weighted by Gasteiger charge is 2.38. The summed E-state index contributed by atoms with van der Waals surface area (Å²) < 4.78 is 16.3. The van der Waals surface area contributed by atoms with Gasteiger partial charge >= 0.3 is 0 Å². The van der Waals surface area contributed by atoms with E-state index in [2.05, 4.69) is 12.1 Å². The first kappa shape index (κ1) is 18.2. The van der Waals surface area contributed by atoms with Crippen molar-refractivity contribution < 1.29 is 14.2 Å². The van der Waals surface area contributed by atoms with Gasteiger partial charge in [-0.05, 0) is 6.07 Å². The standard InChI is InChI=1S/C19H21N3O3/c1-19(2,3)17-13(9-20)16(14(10-21)18(22)25-17)12-7-6-11(23-4)8-15(12)24-5/h6-8,16H,22H2,1-5H3/t16-/m1/s1. The van der Waals surface area contributed by atoms with Crippen molar-refractivity contribution in [1.29, 1.82) is 10.5 Å². The summed E-state index contributed by atoms with van der Waals surface area (Å²) in [7, 11) is 3.08. The number of hydrogen-bond donors (Lipinski definition) is 1. The lowest BCUT2D eigenvalue weighted by Crippen LogP contribution is -2.26. The van der Waals surface area contributed by atoms with Gasteiger partial charge in [0.05, 0.1) is 31.8 Å². The second-order valence-corrected chi connectivity index (χ2v) is 6.64. The maximum Gasteiger partial charge on any atom is 0.205 e. The average molecular weight is 339 g/mol. The molecule has 1 heterocycles. The Bertz CT molecular complexity index is 833. The highest BCUT2D eigenvalue weighted by atomic mass is 16.5. The van der Waals surface area contributed by atoms with E-state index in [1.807, 2.05) is 20.8 Å². The van der Waals surface area contributed by atoms with Crippen molar-refractivity contribution in [2.75, 3.05) is 14.2 Å². The lowest BCUT2D eigenvalue weighted by Gasteiger charge is -2.32. The van der Waals surface area contributed by atoms with Crippen LogP contribution < -0.4 is 15.2 Å². The van der Waals surface area contributed by atoms with Crippen LogP contribution in [0, 0.1) is 28.1 Å². The number of nitriles is 2. The van der Waals surface area contributed by atoms with Gasteiger partial charge in [-0.25, -0.2) is 0 Å². The van der Waals surface area contributed by atoms with Gasteiger partial charge in [0, 0.05) is 17.0 Å². The summed E-state index contributed by atoms with van der Waals surface area (Å²) in [6.45, 7) is 5.77. The van der Waals surface area contributed by atoms with Crippen molar-refractivity contribution in [2.45, 2.75) is 26.7 Å². The third-order valence-corrected chi connectivity index (χ3v) is 3.97. The molecule has 2 rings (SSSR count). The van der Waals surface area contributed by atoms with Crippen LogP contribution in [0.15, 0.2) is 41.0 Å². The number of nitrogens with zero attached hydrogens (tertiary/aromatic N) is 2. The van der Waals surface area contributed by atoms with Crippen LogP contribution in [0.3, 0.4) is 0 Å². The first-order valence-electron chi connectivity index (χ1n) is 7.72. The predicted octanol–water partition coefficient (Wildman–Crippen LogP) is 3.34. The van der Waals surface area contributed by atoms with Gasteiger partial charge in [-0.2, -0.15) is 10.5 Å². The molecule has 2 N–H and O–H groups in total. The minimum atomic E-state index is -0.654. The summed E-state index contributed by atoms with van der Waals surface area (Å²) in [6, 6.07) is 9.51. The molecule has 0 amide bonds. The third kappa shape index (κ3) is 3.25. The minimum absolute atomic E-state index is 0.00861. The summed E-state index contributed by atoms with van der Waals surface area (Å²) in [6.07, 6.45) is 0. The summed E-state index contributed by atoms with van der Waals surface area (Å²) in [4.78, 5) is 0. The summed E-state index contributed by atoms with van der Waals surface area (Å²) in [5, 5.41) is 19.4. The fraction of sp³-hybridized carbons (Fsp3) is 0.368. The zero-order valence-corrected chi connectivity index (χ0v) is 15.0. The molecule has 25 heavy (non-hydrogen) atoms. The van der Waals surface area contributed by atoms with Gasteiger partial charge in [0.1, 0.15) is 28.9 Å². The van der Waals surface area contributed by atoms with E-state index in [4.69, 9.17) is 19.9 Å². The van der Waals surface area contributed by atoms with E-state index in [9.17, 15) is 10.5 Å². The molecule has 6 heteroatoms. The van der Waals surface area contributed by atoms with E-state index < -0.39 is 11.3 Å². The van der Waals surface area contributed by atoms with Gasteiger partial charge in [0.2, 0.25) is 5.88 Å². The van der Waals surface area contributed by atoms with Gasteiger partial charge in [-0.3, -0.25) is 0 Å². The van der Waals surface area contributed by atoms with Crippen LogP contribution in [-0.4, -0.2) is 14.2 Å². The quantitative estimate of drug-likeness (QED) is 0.906. The Labute approximate surface area is 147 Å². The molecular formula is C19H21N3O3. The normalized spacial score (nSPS) is 17.5. The summed E-state index contributed by atoms with van der Waals surface area (Å²) in [5.41, 5.74) is 6.74. The Morgan fingerprint density at radius 2 is 1.72 bits per heavy atom. The van der Waals surface area contributed by atoms with Crippen LogP contribution in [-0.2, 0) is 4.74 Å². The molecule has 0 radical (unpaired) electrons. The average Bonchev–Trinajstić information content (AvgIpc) is 2.59. The first-order chi connectivity index (χ1) is 11.8. The zero-order chi connectivity index (χ0) is 18.8. The molecule has 0 aliphatic carbocycles. The Balaban J connectivity index is 2.78. The predicted molar refractivity (Wildman–Crippen MR) is 92.3 cm³/mol. The maximum absolute atomic E-state index is 9.79. The molecule has 1 aliphatic rings. The maximum atomic E-state index is 9.79. The monoisotopic (exact) mass is 339 g/mol. The van der Waals surface area contributed by atoms with Crippen LogP contribution in [0.5, 0.6) is 11.5 Å². The van der Waals surface area contributed by atoms with Gasteiger partial charge in [-0.15, -0.1) is 0 Å². The Hall–Kier alpha value is -3.12. The molecular weight excluding hydrogens is 318 g/mol. The molecule has 0 saturated carbocycles. The van der Waals surface area contributed by atoms with Gasteiger partial charge in [0.15, 0.2) is 0 Å². The van der Waals surface area contributed by atoms with Gasteiger partial charge in [-0.1, -0.05) is 26.8 Å². The largest absolute Gasteiger partial charge is 0.497 e. The van der Waals surface area contributed by atoms with E-state index in [0.29, 0.717) is 28.4 Å². The fourth-order valence-corrected chi connectivity index (χ4v) is 2.80. The number of benzene rings is 1. The SMILES string of the molecule is COc1ccc([C@H]2C(C#N)=C(N)OC(C(C)(C)C)=C2C#N)c(OC)c1. The molecule has 1 atom stereocenters. The molecule has 0 unspecified atom stereocenters. The molecule has 6 nitrogen and oxygen atoms in total. The number of rotatable bonds is 3. The molecule has 0 saturated heterocycles. The number of ether oxygens (including phenoxy) is 3. The molecule has 0 aromatic heterocycles. The molecule has 0 spiro atoms. The van der Waals surface area contributed by atoms with Crippen LogP contribution in [0.2, 0.25) is 0 Å². The van der Waals surface area contributed by atoms with Crippen LogP contribution in [0.1, 0.15) is 32.3 Å². The first-order valence-corrected chi connectivity index (χ1v) is 7.72. The lowest BCUT2D eigenvalue weighted by molar-refractivity contribution is 0.199.